The number of carbonyl (C=O) groups is 1. The summed E-state index contributed by atoms with van der Waals surface area (Å²) in [6.45, 7) is 12.3. The largest absolute Gasteiger partial charge is 0.507 e. The summed E-state index contributed by atoms with van der Waals surface area (Å²) in [6.07, 6.45) is 1.50. The van der Waals surface area contributed by atoms with E-state index in [0.717, 1.165) is 17.5 Å². The topological polar surface area (TPSA) is 66.8 Å². The van der Waals surface area contributed by atoms with E-state index in [0.29, 0.717) is 12.0 Å². The molecule has 0 aromatic heterocycles. The molecule has 0 bridgehead atoms. The first-order valence-corrected chi connectivity index (χ1v) is 8.16. The van der Waals surface area contributed by atoms with Gasteiger partial charge in [-0.2, -0.15) is 0 Å². The molecule has 0 saturated heterocycles. The summed E-state index contributed by atoms with van der Waals surface area (Å²) in [4.78, 5) is 12.1. The van der Waals surface area contributed by atoms with Gasteiger partial charge in [-0.3, -0.25) is 0 Å². The van der Waals surface area contributed by atoms with E-state index in [1.54, 1.807) is 12.1 Å². The highest BCUT2D eigenvalue weighted by Crippen LogP contribution is 2.41. The SMILES string of the molecule is CCc1cc(C(=O)OCCO)cc(C(C)(C)CC(C)(C)C)c1O. The molecule has 0 radical (unpaired) electrons. The van der Waals surface area contributed by atoms with Crippen molar-refractivity contribution in [1.82, 2.24) is 0 Å². The summed E-state index contributed by atoms with van der Waals surface area (Å²) in [6, 6.07) is 3.39. The Hall–Kier alpha value is -1.55. The number of ether oxygens (including phenoxy) is 1. The molecule has 0 heterocycles. The number of hydrogen-bond donors (Lipinski definition) is 2. The number of carbonyl (C=O) groups excluding carboxylic acids is 1. The van der Waals surface area contributed by atoms with Crippen molar-refractivity contribution >= 4 is 5.97 Å². The second kappa shape index (κ2) is 7.35. The van der Waals surface area contributed by atoms with Crippen LogP contribution in [0.15, 0.2) is 12.1 Å². The van der Waals surface area contributed by atoms with Crippen LogP contribution in [0.4, 0.5) is 0 Å². The van der Waals surface area contributed by atoms with Crippen LogP contribution in [0.5, 0.6) is 5.75 Å². The van der Waals surface area contributed by atoms with Gasteiger partial charge in [0.15, 0.2) is 0 Å². The van der Waals surface area contributed by atoms with E-state index >= 15 is 0 Å². The number of esters is 1. The van der Waals surface area contributed by atoms with Crippen LogP contribution >= 0.6 is 0 Å². The summed E-state index contributed by atoms with van der Waals surface area (Å²) in [5, 5.41) is 19.4. The molecule has 0 unspecified atom stereocenters. The van der Waals surface area contributed by atoms with E-state index in [-0.39, 0.29) is 29.8 Å². The summed E-state index contributed by atoms with van der Waals surface area (Å²) in [5.41, 5.74) is 1.74. The van der Waals surface area contributed by atoms with Crippen LogP contribution in [0.1, 0.15) is 69.4 Å². The number of aryl methyl sites for hydroxylation is 1. The Morgan fingerprint density at radius 2 is 1.78 bits per heavy atom. The third kappa shape index (κ3) is 5.24. The maximum atomic E-state index is 12.1. The number of rotatable bonds is 6. The van der Waals surface area contributed by atoms with Gasteiger partial charge in [-0.1, -0.05) is 41.5 Å². The molecule has 0 atom stereocenters. The van der Waals surface area contributed by atoms with Crippen LogP contribution < -0.4 is 0 Å². The van der Waals surface area contributed by atoms with Crippen LogP contribution in [-0.2, 0) is 16.6 Å². The zero-order chi connectivity index (χ0) is 17.8. The predicted octanol–water partition coefficient (Wildman–Crippen LogP) is 3.82. The Kier molecular flexibility index (Phi) is 6.23. The van der Waals surface area contributed by atoms with Crippen molar-refractivity contribution in [2.24, 2.45) is 5.41 Å². The fourth-order valence-corrected chi connectivity index (χ4v) is 3.24. The first-order chi connectivity index (χ1) is 10.5. The molecule has 0 saturated carbocycles. The van der Waals surface area contributed by atoms with E-state index in [1.165, 1.54) is 0 Å². The second-order valence-corrected chi connectivity index (χ2v) is 7.87. The molecule has 0 aliphatic heterocycles. The van der Waals surface area contributed by atoms with Gasteiger partial charge in [0, 0.05) is 5.56 Å². The van der Waals surface area contributed by atoms with Crippen molar-refractivity contribution < 1.29 is 19.7 Å². The number of benzene rings is 1. The highest BCUT2D eigenvalue weighted by atomic mass is 16.5. The maximum Gasteiger partial charge on any atom is 0.338 e. The average Bonchev–Trinajstić information content (AvgIpc) is 2.42. The molecule has 2 N–H and O–H groups in total. The van der Waals surface area contributed by atoms with Crippen molar-refractivity contribution in [3.8, 4) is 5.75 Å². The highest BCUT2D eigenvalue weighted by Gasteiger charge is 2.31. The zero-order valence-corrected chi connectivity index (χ0v) is 15.2. The van der Waals surface area contributed by atoms with Gasteiger partial charge >= 0.3 is 5.97 Å². The van der Waals surface area contributed by atoms with Crippen LogP contribution in [0.3, 0.4) is 0 Å². The van der Waals surface area contributed by atoms with Gasteiger partial charge in [-0.25, -0.2) is 4.79 Å². The summed E-state index contributed by atoms with van der Waals surface area (Å²) in [5.74, 6) is -0.206. The standard InChI is InChI=1S/C19H30O4/c1-7-13-10-14(17(22)23-9-8-20)11-15(16(13)21)19(5,6)12-18(2,3)4/h10-11,20-21H,7-9,12H2,1-6H3. The van der Waals surface area contributed by atoms with Gasteiger partial charge < -0.3 is 14.9 Å². The lowest BCUT2D eigenvalue weighted by molar-refractivity contribution is 0.0433. The molecule has 0 amide bonds. The number of aromatic hydroxyl groups is 1. The van der Waals surface area contributed by atoms with E-state index in [9.17, 15) is 9.90 Å². The Bertz CT molecular complexity index is 553. The maximum absolute atomic E-state index is 12.1. The molecular weight excluding hydrogens is 292 g/mol. The average molecular weight is 322 g/mol. The molecule has 0 aliphatic carbocycles. The molecular formula is C19H30O4. The third-order valence-electron chi connectivity index (χ3n) is 3.83. The fourth-order valence-electron chi connectivity index (χ4n) is 3.24. The van der Waals surface area contributed by atoms with Crippen molar-refractivity contribution in [3.05, 3.63) is 28.8 Å². The minimum absolute atomic E-state index is 0.0259. The lowest BCUT2D eigenvalue weighted by Gasteiger charge is -2.34. The molecule has 1 rings (SSSR count). The normalized spacial score (nSPS) is 12.3. The molecule has 0 spiro atoms. The number of aliphatic hydroxyl groups excluding tert-OH is 1. The predicted molar refractivity (Wildman–Crippen MR) is 92.0 cm³/mol. The molecule has 4 nitrogen and oxygen atoms in total. The lowest BCUT2D eigenvalue weighted by Crippen LogP contribution is -2.25. The van der Waals surface area contributed by atoms with Gasteiger partial charge in [-0.05, 0) is 41.4 Å². The molecule has 0 aliphatic rings. The first-order valence-electron chi connectivity index (χ1n) is 8.16. The van der Waals surface area contributed by atoms with E-state index in [2.05, 4.69) is 34.6 Å². The molecule has 1 aromatic carbocycles. The van der Waals surface area contributed by atoms with Crippen molar-refractivity contribution in [1.29, 1.82) is 0 Å². The molecule has 23 heavy (non-hydrogen) atoms. The summed E-state index contributed by atoms with van der Waals surface area (Å²) in [7, 11) is 0. The zero-order valence-electron chi connectivity index (χ0n) is 15.2. The van der Waals surface area contributed by atoms with Gasteiger partial charge in [0.05, 0.1) is 12.2 Å². The van der Waals surface area contributed by atoms with Crippen LogP contribution in [-0.4, -0.2) is 29.4 Å². The minimum Gasteiger partial charge on any atom is -0.507 e. The Balaban J connectivity index is 3.33. The number of phenolic OH excluding ortho intramolecular Hbond substituents is 1. The van der Waals surface area contributed by atoms with E-state index < -0.39 is 5.97 Å². The number of aliphatic hydroxyl groups is 1. The van der Waals surface area contributed by atoms with Crippen LogP contribution in [0.25, 0.3) is 0 Å². The molecule has 130 valence electrons. The van der Waals surface area contributed by atoms with Crippen molar-refractivity contribution in [3.63, 3.8) is 0 Å². The highest BCUT2D eigenvalue weighted by molar-refractivity contribution is 5.90. The molecule has 0 fully saturated rings. The van der Waals surface area contributed by atoms with Crippen molar-refractivity contribution in [2.75, 3.05) is 13.2 Å². The van der Waals surface area contributed by atoms with E-state index in [4.69, 9.17) is 9.84 Å². The Labute approximate surface area is 139 Å². The number of hydrogen-bond acceptors (Lipinski definition) is 4. The quantitative estimate of drug-likeness (QED) is 0.781. The fraction of sp³-hybridized carbons (Fsp3) is 0.632. The molecule has 1 aromatic rings. The van der Waals surface area contributed by atoms with Crippen LogP contribution in [0, 0.1) is 5.41 Å². The lowest BCUT2D eigenvalue weighted by atomic mass is 9.71. The Morgan fingerprint density at radius 3 is 2.26 bits per heavy atom. The first kappa shape index (κ1) is 19.5. The second-order valence-electron chi connectivity index (χ2n) is 7.87. The Morgan fingerprint density at radius 1 is 1.17 bits per heavy atom. The third-order valence-corrected chi connectivity index (χ3v) is 3.83. The van der Waals surface area contributed by atoms with Gasteiger partial charge in [-0.15, -0.1) is 0 Å². The summed E-state index contributed by atoms with van der Waals surface area (Å²) < 4.78 is 5.01. The number of phenols is 1. The van der Waals surface area contributed by atoms with E-state index in [1.807, 2.05) is 6.92 Å². The summed E-state index contributed by atoms with van der Waals surface area (Å²) >= 11 is 0. The van der Waals surface area contributed by atoms with Crippen LogP contribution in [0.2, 0.25) is 0 Å². The monoisotopic (exact) mass is 322 g/mol. The van der Waals surface area contributed by atoms with Gasteiger partial charge in [0.2, 0.25) is 0 Å². The van der Waals surface area contributed by atoms with Crippen molar-refractivity contribution in [2.45, 2.75) is 59.8 Å². The van der Waals surface area contributed by atoms with Gasteiger partial charge in [0.25, 0.3) is 0 Å². The molecule has 4 heteroatoms. The smallest absolute Gasteiger partial charge is 0.338 e. The van der Waals surface area contributed by atoms with Gasteiger partial charge in [0.1, 0.15) is 12.4 Å². The minimum atomic E-state index is -0.471.